The molecule has 1 amide bonds. The molecule has 1 N–H and O–H groups in total. The summed E-state index contributed by atoms with van der Waals surface area (Å²) in [4.78, 5) is 18.4. The number of hydrogen-bond acceptors (Lipinski definition) is 4. The van der Waals surface area contributed by atoms with Gasteiger partial charge in [-0.2, -0.15) is 0 Å². The van der Waals surface area contributed by atoms with Gasteiger partial charge in [0.15, 0.2) is 0 Å². The van der Waals surface area contributed by atoms with Gasteiger partial charge < -0.3 is 9.73 Å². The number of aromatic nitrogens is 1. The number of rotatable bonds is 2. The van der Waals surface area contributed by atoms with Crippen molar-refractivity contribution in [3.8, 4) is 0 Å². The van der Waals surface area contributed by atoms with Crippen LogP contribution in [0.5, 0.6) is 0 Å². The molecule has 3 saturated heterocycles. The fourth-order valence-corrected chi connectivity index (χ4v) is 3.15. The Morgan fingerprint density at radius 1 is 1.61 bits per heavy atom. The highest BCUT2D eigenvalue weighted by Crippen LogP contribution is 2.31. The SMILES string of the molecule is Cc1cnc(C(=O)N[C@H]2CN3CCC2CC3C)o1. The number of carbonyl (C=O) groups is 1. The van der Waals surface area contributed by atoms with Gasteiger partial charge in [-0.1, -0.05) is 0 Å². The van der Waals surface area contributed by atoms with Gasteiger partial charge >= 0.3 is 5.91 Å². The smallest absolute Gasteiger partial charge is 0.307 e. The van der Waals surface area contributed by atoms with E-state index >= 15 is 0 Å². The quantitative estimate of drug-likeness (QED) is 0.855. The van der Waals surface area contributed by atoms with Crippen LogP contribution in [0.2, 0.25) is 0 Å². The number of oxazole rings is 1. The summed E-state index contributed by atoms with van der Waals surface area (Å²) in [6.45, 7) is 6.18. The van der Waals surface area contributed by atoms with E-state index in [0.717, 1.165) is 13.1 Å². The minimum Gasteiger partial charge on any atom is -0.438 e. The van der Waals surface area contributed by atoms with Gasteiger partial charge in [0.2, 0.25) is 0 Å². The van der Waals surface area contributed by atoms with Crippen LogP contribution < -0.4 is 5.32 Å². The molecule has 18 heavy (non-hydrogen) atoms. The van der Waals surface area contributed by atoms with E-state index in [0.29, 0.717) is 17.7 Å². The van der Waals surface area contributed by atoms with Crippen molar-refractivity contribution in [1.29, 1.82) is 0 Å². The van der Waals surface area contributed by atoms with E-state index < -0.39 is 0 Å². The van der Waals surface area contributed by atoms with Gasteiger partial charge in [0.25, 0.3) is 5.89 Å². The minimum atomic E-state index is -0.186. The molecule has 5 heteroatoms. The summed E-state index contributed by atoms with van der Waals surface area (Å²) in [5, 5.41) is 3.06. The number of fused-ring (bicyclic) bond motifs is 3. The molecule has 98 valence electrons. The molecule has 0 radical (unpaired) electrons. The van der Waals surface area contributed by atoms with Crippen molar-refractivity contribution in [1.82, 2.24) is 15.2 Å². The molecule has 5 nitrogen and oxygen atoms in total. The third-order valence-electron chi connectivity index (χ3n) is 4.19. The van der Waals surface area contributed by atoms with Crippen LogP contribution in [0.4, 0.5) is 0 Å². The Balaban J connectivity index is 1.65. The van der Waals surface area contributed by atoms with E-state index in [2.05, 4.69) is 22.1 Å². The van der Waals surface area contributed by atoms with Crippen LogP contribution in [0, 0.1) is 12.8 Å². The fourth-order valence-electron chi connectivity index (χ4n) is 3.15. The van der Waals surface area contributed by atoms with E-state index in [1.54, 1.807) is 13.1 Å². The molecule has 3 aliphatic rings. The van der Waals surface area contributed by atoms with Crippen molar-refractivity contribution in [2.24, 2.45) is 5.92 Å². The van der Waals surface area contributed by atoms with Crippen molar-refractivity contribution in [2.75, 3.05) is 13.1 Å². The largest absolute Gasteiger partial charge is 0.438 e. The van der Waals surface area contributed by atoms with E-state index in [1.165, 1.54) is 12.8 Å². The molecule has 3 fully saturated rings. The van der Waals surface area contributed by atoms with Crippen molar-refractivity contribution in [3.05, 3.63) is 17.8 Å². The van der Waals surface area contributed by atoms with Gasteiger partial charge in [0.1, 0.15) is 5.76 Å². The Morgan fingerprint density at radius 3 is 3.00 bits per heavy atom. The lowest BCUT2D eigenvalue weighted by Crippen LogP contribution is -2.60. The molecule has 1 aromatic rings. The predicted molar refractivity (Wildman–Crippen MR) is 66.3 cm³/mol. The molecule has 3 aliphatic heterocycles. The monoisotopic (exact) mass is 249 g/mol. The number of carbonyl (C=O) groups excluding carboxylic acids is 1. The first kappa shape index (κ1) is 11.7. The van der Waals surface area contributed by atoms with Gasteiger partial charge in [0, 0.05) is 18.6 Å². The maximum Gasteiger partial charge on any atom is 0.307 e. The summed E-state index contributed by atoms with van der Waals surface area (Å²) in [5.74, 6) is 1.26. The molecule has 0 spiro atoms. The summed E-state index contributed by atoms with van der Waals surface area (Å²) < 4.78 is 5.25. The number of nitrogens with zero attached hydrogens (tertiary/aromatic N) is 2. The molecule has 0 aliphatic carbocycles. The summed E-state index contributed by atoms with van der Waals surface area (Å²) in [5.41, 5.74) is 0. The number of aryl methyl sites for hydroxylation is 1. The Morgan fingerprint density at radius 2 is 2.44 bits per heavy atom. The number of nitrogens with one attached hydrogen (secondary N) is 1. The number of amides is 1. The van der Waals surface area contributed by atoms with Crippen LogP contribution in [-0.4, -0.2) is 41.0 Å². The van der Waals surface area contributed by atoms with E-state index in [1.807, 2.05) is 0 Å². The highest BCUT2D eigenvalue weighted by atomic mass is 16.4. The van der Waals surface area contributed by atoms with Gasteiger partial charge in [0.05, 0.1) is 6.20 Å². The van der Waals surface area contributed by atoms with Crippen LogP contribution in [0.25, 0.3) is 0 Å². The van der Waals surface area contributed by atoms with Crippen LogP contribution >= 0.6 is 0 Å². The minimum absolute atomic E-state index is 0.178. The van der Waals surface area contributed by atoms with Crippen molar-refractivity contribution in [2.45, 2.75) is 38.8 Å². The van der Waals surface area contributed by atoms with Crippen LogP contribution in [0.15, 0.2) is 10.6 Å². The van der Waals surface area contributed by atoms with Gasteiger partial charge in [-0.05, 0) is 39.2 Å². The van der Waals surface area contributed by atoms with Gasteiger partial charge in [-0.3, -0.25) is 9.69 Å². The summed E-state index contributed by atoms with van der Waals surface area (Å²) in [7, 11) is 0. The Hall–Kier alpha value is -1.36. The molecule has 1 aromatic heterocycles. The maximum absolute atomic E-state index is 12.0. The van der Waals surface area contributed by atoms with E-state index in [9.17, 15) is 4.79 Å². The molecular weight excluding hydrogens is 230 g/mol. The normalized spacial score (nSPS) is 34.6. The van der Waals surface area contributed by atoms with Crippen LogP contribution in [0.1, 0.15) is 36.2 Å². The first-order chi connectivity index (χ1) is 8.63. The highest BCUT2D eigenvalue weighted by Gasteiger charge is 2.39. The van der Waals surface area contributed by atoms with Gasteiger partial charge in [-0.25, -0.2) is 4.98 Å². The lowest BCUT2D eigenvalue weighted by atomic mass is 9.80. The number of piperidine rings is 3. The average Bonchev–Trinajstić information content (AvgIpc) is 2.77. The zero-order chi connectivity index (χ0) is 12.7. The van der Waals surface area contributed by atoms with Crippen LogP contribution in [0.3, 0.4) is 0 Å². The standard InChI is InChI=1S/C13H19N3O2/c1-8-5-10-3-4-16(8)7-11(10)15-12(17)13-14-6-9(2)18-13/h6,8,10-11H,3-5,7H2,1-2H3,(H,15,17)/t8?,10?,11-/m0/s1. The first-order valence-electron chi connectivity index (χ1n) is 6.61. The van der Waals surface area contributed by atoms with Crippen molar-refractivity contribution < 1.29 is 9.21 Å². The molecule has 0 aromatic carbocycles. The Kier molecular flexibility index (Phi) is 2.86. The molecule has 4 rings (SSSR count). The summed E-state index contributed by atoms with van der Waals surface area (Å²) in [6, 6.07) is 0.899. The first-order valence-corrected chi connectivity index (χ1v) is 6.61. The van der Waals surface area contributed by atoms with Crippen molar-refractivity contribution in [3.63, 3.8) is 0 Å². The molecule has 2 bridgehead atoms. The molecular formula is C13H19N3O2. The second-order valence-electron chi connectivity index (χ2n) is 5.48. The van der Waals surface area contributed by atoms with Crippen molar-refractivity contribution >= 4 is 5.91 Å². The topological polar surface area (TPSA) is 58.4 Å². The summed E-state index contributed by atoms with van der Waals surface area (Å²) >= 11 is 0. The van der Waals surface area contributed by atoms with Crippen LogP contribution in [-0.2, 0) is 0 Å². The lowest BCUT2D eigenvalue weighted by Gasteiger charge is -2.48. The zero-order valence-electron chi connectivity index (χ0n) is 10.8. The number of hydrogen-bond donors (Lipinski definition) is 1. The molecule has 0 saturated carbocycles. The average molecular weight is 249 g/mol. The maximum atomic E-state index is 12.0. The van der Waals surface area contributed by atoms with E-state index in [-0.39, 0.29) is 17.8 Å². The fraction of sp³-hybridized carbons (Fsp3) is 0.692. The second kappa shape index (κ2) is 4.39. The Labute approximate surface area is 107 Å². The Bertz CT molecular complexity index is 457. The molecule has 3 unspecified atom stereocenters. The lowest BCUT2D eigenvalue weighted by molar-refractivity contribution is 0.0267. The highest BCUT2D eigenvalue weighted by molar-refractivity contribution is 5.89. The summed E-state index contributed by atoms with van der Waals surface area (Å²) in [6.07, 6.45) is 3.93. The zero-order valence-corrected chi connectivity index (χ0v) is 10.8. The molecule has 4 heterocycles. The second-order valence-corrected chi connectivity index (χ2v) is 5.48. The van der Waals surface area contributed by atoms with Gasteiger partial charge in [-0.15, -0.1) is 0 Å². The third-order valence-corrected chi connectivity index (χ3v) is 4.19. The molecule has 4 atom stereocenters. The predicted octanol–water partition coefficient (Wildman–Crippen LogP) is 1.20. The third kappa shape index (κ3) is 2.03. The van der Waals surface area contributed by atoms with E-state index in [4.69, 9.17) is 4.42 Å².